The summed E-state index contributed by atoms with van der Waals surface area (Å²) in [7, 11) is -14.7. The topological polar surface area (TPSA) is 261 Å². The number of aliphatic hydroxyl groups excluding tert-OH is 6. The van der Waals surface area contributed by atoms with Crippen LogP contribution in [0.4, 0.5) is 0 Å². The number of aliphatic hydroxyl groups is 6. The zero-order valence-corrected chi connectivity index (χ0v) is 16.1. The van der Waals surface area contributed by atoms with Crippen LogP contribution in [0, 0.1) is 0 Å². The van der Waals surface area contributed by atoms with Crippen molar-refractivity contribution in [2.45, 2.75) is 36.6 Å². The maximum Gasteiger partial charge on any atom is 0.353 e. The third kappa shape index (κ3) is 6.61. The Labute approximate surface area is 152 Å². The molecule has 18 heteroatoms. The van der Waals surface area contributed by atoms with Gasteiger partial charge in [0.1, 0.15) is 55.7 Å². The molecule has 1 saturated carbocycles. The molecule has 1 rings (SSSR count). The highest BCUT2D eigenvalue weighted by atomic mass is 31.2. The van der Waals surface area contributed by atoms with Crippen LogP contribution in [0.15, 0.2) is 0 Å². The summed E-state index contributed by atoms with van der Waals surface area (Å²) in [6.07, 6.45) is -18.0. The Morgan fingerprint density at radius 3 is 1.07 bits per heavy atom. The van der Waals surface area contributed by atoms with Gasteiger partial charge in [0.2, 0.25) is 0 Å². The predicted molar refractivity (Wildman–Crippen MR) is 83.4 cm³/mol. The van der Waals surface area contributed by atoms with Gasteiger partial charge in [0.05, 0.1) is 0 Å². The molecule has 0 bridgehead atoms. The van der Waals surface area contributed by atoms with Gasteiger partial charge < -0.3 is 45.3 Å². The van der Waals surface area contributed by atoms with Gasteiger partial charge in [0, 0.05) is 0 Å². The van der Waals surface area contributed by atoms with E-state index in [0.29, 0.717) is 0 Å². The zero-order valence-electron chi connectivity index (χ0n) is 13.4. The van der Waals surface area contributed by atoms with Gasteiger partial charge in [0.25, 0.3) is 0 Å². The molecule has 1 aliphatic rings. The van der Waals surface area contributed by atoms with Crippen LogP contribution in [0.25, 0.3) is 0 Å². The van der Waals surface area contributed by atoms with Gasteiger partial charge >= 0.3 is 22.8 Å². The quantitative estimate of drug-likeness (QED) is 0.152. The summed E-state index contributed by atoms with van der Waals surface area (Å²) in [4.78, 5) is 28.2. The lowest BCUT2D eigenvalue weighted by molar-refractivity contribution is -0.208. The Balaban J connectivity index is 3.39. The van der Waals surface area contributed by atoms with Gasteiger partial charge in [-0.15, -0.1) is 0 Å². The van der Waals surface area contributed by atoms with Crippen LogP contribution in [-0.2, 0) is 27.3 Å². The molecular weight excluding hydrogens is 441 g/mol. The smallest absolute Gasteiger partial charge is 0.353 e. The van der Waals surface area contributed by atoms with Gasteiger partial charge in [-0.3, -0.25) is 27.3 Å². The van der Waals surface area contributed by atoms with Crippen molar-refractivity contribution in [3.05, 3.63) is 0 Å². The molecule has 27 heavy (non-hydrogen) atoms. The number of hydrogen-bond donors (Lipinski definition) is 9. The summed E-state index contributed by atoms with van der Waals surface area (Å²) in [5, 5.41) is 56.3. The molecule has 7 unspecified atom stereocenters. The lowest BCUT2D eigenvalue weighted by Gasteiger charge is -2.45. The van der Waals surface area contributed by atoms with Gasteiger partial charge in [-0.2, -0.15) is 0 Å². The van der Waals surface area contributed by atoms with Crippen LogP contribution in [0.1, 0.15) is 0 Å². The molecule has 0 heterocycles. The van der Waals surface area contributed by atoms with Crippen molar-refractivity contribution in [1.82, 2.24) is 0 Å². The first kappa shape index (κ1) is 25.2. The second-order valence-electron chi connectivity index (χ2n) is 5.52. The number of hydrogen-bond acceptors (Lipinski definition) is 12. The molecule has 162 valence electrons. The van der Waals surface area contributed by atoms with E-state index in [-0.39, 0.29) is 0 Å². The summed E-state index contributed by atoms with van der Waals surface area (Å²) in [6, 6.07) is 0. The maximum absolute atomic E-state index is 11.7. The average molecular weight is 462 g/mol. The minimum absolute atomic E-state index is 1.49. The monoisotopic (exact) mass is 462 g/mol. The second-order valence-corrected chi connectivity index (χ2v) is 10.8. The van der Waals surface area contributed by atoms with Crippen LogP contribution in [-0.4, -0.2) is 101 Å². The molecule has 1 fully saturated rings. The summed E-state index contributed by atoms with van der Waals surface area (Å²) in [5.41, 5.74) is 0. The average Bonchev–Trinajstić information content (AvgIpc) is 2.60. The second kappa shape index (κ2) is 9.35. The minimum atomic E-state index is -4.91. The molecule has 1 aliphatic carbocycles. The highest BCUT2D eigenvalue weighted by Gasteiger charge is 2.56. The van der Waals surface area contributed by atoms with Crippen LogP contribution in [0.3, 0.4) is 0 Å². The first-order valence-electron chi connectivity index (χ1n) is 7.07. The lowest BCUT2D eigenvalue weighted by Crippen LogP contribution is -2.65. The molecule has 0 aromatic heterocycles. The minimum Gasteiger partial charge on any atom is -0.387 e. The van der Waals surface area contributed by atoms with Crippen molar-refractivity contribution in [2.75, 3.05) is 19.0 Å². The van der Waals surface area contributed by atoms with E-state index in [2.05, 4.69) is 13.6 Å². The van der Waals surface area contributed by atoms with Crippen LogP contribution >= 0.6 is 22.8 Å². The highest BCUT2D eigenvalue weighted by molar-refractivity contribution is 7.53. The van der Waals surface area contributed by atoms with Gasteiger partial charge in [0.15, 0.2) is 0 Å². The largest absolute Gasteiger partial charge is 0.387 e. The Bertz CT molecular complexity index is 600. The van der Waals surface area contributed by atoms with E-state index < -0.39 is 78.5 Å². The molecule has 0 saturated heterocycles. The first-order valence-corrected chi connectivity index (χ1v) is 12.4. The molecule has 9 N–H and O–H groups in total. The van der Waals surface area contributed by atoms with Crippen LogP contribution in [0.2, 0.25) is 0 Å². The maximum atomic E-state index is 11.7. The Kier molecular flexibility index (Phi) is 8.74. The molecule has 0 spiro atoms. The van der Waals surface area contributed by atoms with Crippen LogP contribution < -0.4 is 0 Å². The van der Waals surface area contributed by atoms with E-state index in [4.69, 9.17) is 15.3 Å². The molecule has 0 radical (unpaired) electrons. The summed E-state index contributed by atoms with van der Waals surface area (Å²) in [6.45, 7) is 0. The van der Waals surface area contributed by atoms with E-state index >= 15 is 0 Å². The Morgan fingerprint density at radius 2 is 0.815 bits per heavy atom. The standard InChI is InChI=1S/C9H21O15P3/c10-1-25(16,17)22-7-5(14)4(13)6(15)8(23-26(18,19)2-11)9(7)24-27(20,21)3-12/h4-15H,1-3H2,(H,16,17)(H,18,19)(H,20,21). The zero-order chi connectivity index (χ0) is 21.2. The molecule has 15 nitrogen and oxygen atoms in total. The van der Waals surface area contributed by atoms with E-state index in [1.165, 1.54) is 0 Å². The third-order valence-electron chi connectivity index (χ3n) is 3.42. The summed E-state index contributed by atoms with van der Waals surface area (Å²) < 4.78 is 48.6. The van der Waals surface area contributed by atoms with Crippen molar-refractivity contribution in [3.8, 4) is 0 Å². The normalized spacial score (nSPS) is 38.6. The van der Waals surface area contributed by atoms with Crippen molar-refractivity contribution in [1.29, 1.82) is 0 Å². The van der Waals surface area contributed by atoms with Gasteiger partial charge in [-0.1, -0.05) is 0 Å². The molecular formula is C9H21O15P3. The van der Waals surface area contributed by atoms with E-state index in [1.807, 2.05) is 0 Å². The highest BCUT2D eigenvalue weighted by Crippen LogP contribution is 2.52. The fourth-order valence-corrected chi connectivity index (χ4v) is 4.27. The fourth-order valence-electron chi connectivity index (χ4n) is 2.20. The molecule has 0 amide bonds. The number of rotatable bonds is 9. The lowest BCUT2D eigenvalue weighted by atomic mass is 9.85. The van der Waals surface area contributed by atoms with E-state index in [1.54, 1.807) is 0 Å². The fraction of sp³-hybridized carbons (Fsp3) is 1.00. The molecule has 0 aromatic carbocycles. The molecule has 0 aromatic rings. The predicted octanol–water partition coefficient (Wildman–Crippen LogP) is -3.36. The van der Waals surface area contributed by atoms with Crippen molar-refractivity contribution in [2.24, 2.45) is 0 Å². The summed E-state index contributed by atoms with van der Waals surface area (Å²) >= 11 is 0. The van der Waals surface area contributed by atoms with E-state index in [0.717, 1.165) is 0 Å². The molecule has 7 atom stereocenters. The molecule has 0 aliphatic heterocycles. The SMILES string of the molecule is O=P(O)(CO)OC1C(O)C(O)C(O)C(OP(=O)(O)CO)C1OP(=O)(O)CO. The van der Waals surface area contributed by atoms with Gasteiger partial charge in [-0.25, -0.2) is 0 Å². The first-order chi connectivity index (χ1) is 12.2. The third-order valence-corrected chi connectivity index (χ3v) is 6.21. The van der Waals surface area contributed by atoms with Gasteiger partial charge in [-0.05, 0) is 0 Å². The Hall–Kier alpha value is 0.210. The summed E-state index contributed by atoms with van der Waals surface area (Å²) in [5.74, 6) is 0. The van der Waals surface area contributed by atoms with Crippen molar-refractivity contribution >= 4 is 22.8 Å². The van der Waals surface area contributed by atoms with E-state index in [9.17, 15) is 43.7 Å². The van der Waals surface area contributed by atoms with Crippen LogP contribution in [0.5, 0.6) is 0 Å². The van der Waals surface area contributed by atoms with Crippen molar-refractivity contribution < 1.29 is 72.6 Å². The Morgan fingerprint density at radius 1 is 0.556 bits per heavy atom. The van der Waals surface area contributed by atoms with Crippen molar-refractivity contribution in [3.63, 3.8) is 0 Å².